The van der Waals surface area contributed by atoms with Gasteiger partial charge in [0.2, 0.25) is 0 Å². The molecule has 5 atom stereocenters. The Morgan fingerprint density at radius 1 is 1.24 bits per heavy atom. The average molecular weight is 342 g/mol. The minimum atomic E-state index is -0.547. The molecule has 0 aromatic carbocycles. The zero-order valence-corrected chi connectivity index (χ0v) is 15.0. The van der Waals surface area contributed by atoms with Crippen molar-refractivity contribution in [2.45, 2.75) is 52.4 Å². The molecule has 0 amide bonds. The van der Waals surface area contributed by atoms with Crippen LogP contribution in [0.4, 0.5) is 0 Å². The molecule has 4 nitrogen and oxygen atoms in total. The predicted octanol–water partition coefficient (Wildman–Crippen LogP) is 3.41. The first-order chi connectivity index (χ1) is 11.9. The summed E-state index contributed by atoms with van der Waals surface area (Å²) in [6.07, 6.45) is 11.0. The summed E-state index contributed by atoms with van der Waals surface area (Å²) >= 11 is 0. The molecule has 4 aliphatic rings. The Kier molecular flexibility index (Phi) is 3.78. The first-order valence-electron chi connectivity index (χ1n) is 9.47. The highest BCUT2D eigenvalue weighted by Crippen LogP contribution is 2.63. The molecule has 2 fully saturated rings. The summed E-state index contributed by atoms with van der Waals surface area (Å²) < 4.78 is 5.33. The predicted molar refractivity (Wildman–Crippen MR) is 92.6 cm³/mol. The minimum Gasteiger partial charge on any atom is -0.465 e. The van der Waals surface area contributed by atoms with Gasteiger partial charge in [0, 0.05) is 13.3 Å². The summed E-state index contributed by atoms with van der Waals surface area (Å²) in [5.74, 6) is 1.18. The van der Waals surface area contributed by atoms with Crippen molar-refractivity contribution in [3.8, 4) is 0 Å². The second-order valence-corrected chi connectivity index (χ2v) is 8.59. The van der Waals surface area contributed by atoms with Crippen LogP contribution in [0.3, 0.4) is 0 Å². The van der Waals surface area contributed by atoms with Crippen molar-refractivity contribution in [2.24, 2.45) is 28.6 Å². The van der Waals surface area contributed by atoms with Crippen LogP contribution in [0.2, 0.25) is 0 Å². The van der Waals surface area contributed by atoms with Gasteiger partial charge in [-0.25, -0.2) is 0 Å². The summed E-state index contributed by atoms with van der Waals surface area (Å²) in [5.41, 5.74) is 0.865. The highest BCUT2D eigenvalue weighted by molar-refractivity contribution is 5.98. The Hall–Kier alpha value is -1.71. The Labute approximate surface area is 148 Å². The van der Waals surface area contributed by atoms with Crippen molar-refractivity contribution in [3.05, 3.63) is 23.8 Å². The first-order valence-corrected chi connectivity index (χ1v) is 9.47. The van der Waals surface area contributed by atoms with E-state index >= 15 is 0 Å². The number of carbonyl (C=O) groups excluding carboxylic acids is 3. The molecule has 0 saturated heterocycles. The maximum Gasteiger partial charge on any atom is 0.302 e. The van der Waals surface area contributed by atoms with Crippen LogP contribution in [0.1, 0.15) is 52.4 Å². The van der Waals surface area contributed by atoms with Crippen LogP contribution in [-0.2, 0) is 19.1 Å². The molecule has 0 bridgehead atoms. The average Bonchev–Trinajstić information content (AvgIpc) is 2.91. The van der Waals surface area contributed by atoms with Gasteiger partial charge in [-0.1, -0.05) is 18.6 Å². The molecule has 134 valence electrons. The van der Waals surface area contributed by atoms with Gasteiger partial charge < -0.3 is 4.74 Å². The second kappa shape index (κ2) is 5.65. The molecule has 0 spiro atoms. The third-order valence-corrected chi connectivity index (χ3v) is 7.52. The lowest BCUT2D eigenvalue weighted by Gasteiger charge is -2.57. The van der Waals surface area contributed by atoms with Crippen molar-refractivity contribution < 1.29 is 19.1 Å². The number of fused-ring (bicyclic) bond motifs is 5. The lowest BCUT2D eigenvalue weighted by molar-refractivity contribution is -0.153. The van der Waals surface area contributed by atoms with E-state index in [-0.39, 0.29) is 35.5 Å². The number of ketones is 2. The largest absolute Gasteiger partial charge is 0.465 e. The van der Waals surface area contributed by atoms with Crippen LogP contribution in [0.25, 0.3) is 0 Å². The van der Waals surface area contributed by atoms with Gasteiger partial charge in [0.15, 0.2) is 11.6 Å². The van der Waals surface area contributed by atoms with Crippen LogP contribution in [0.5, 0.6) is 0 Å². The van der Waals surface area contributed by atoms with Gasteiger partial charge in [0.1, 0.15) is 6.61 Å². The van der Waals surface area contributed by atoms with E-state index in [1.165, 1.54) is 12.5 Å². The standard InChI is InChI=1S/C21H26O4/c1-13(22)25-12-21-10-8-17-16(18(21)5-6-19(21)24)4-3-14-11-15(23)7-9-20(14,17)2/h5-6,11,16-18H,3-4,7-10,12H2,1-2H3/t16-,17+,18+,20+,21-/m1/s1. The van der Waals surface area contributed by atoms with Gasteiger partial charge >= 0.3 is 5.97 Å². The van der Waals surface area contributed by atoms with E-state index in [0.717, 1.165) is 32.1 Å². The summed E-state index contributed by atoms with van der Waals surface area (Å²) in [5, 5.41) is 0. The third kappa shape index (κ3) is 2.37. The van der Waals surface area contributed by atoms with E-state index in [9.17, 15) is 14.4 Å². The smallest absolute Gasteiger partial charge is 0.302 e. The Bertz CT molecular complexity index is 703. The molecule has 0 aliphatic heterocycles. The van der Waals surface area contributed by atoms with Crippen LogP contribution in [0, 0.1) is 28.6 Å². The van der Waals surface area contributed by atoms with E-state index < -0.39 is 5.41 Å². The molecule has 0 aromatic rings. The Morgan fingerprint density at radius 2 is 2.04 bits per heavy atom. The maximum absolute atomic E-state index is 12.7. The van der Waals surface area contributed by atoms with Gasteiger partial charge in [0.05, 0.1) is 5.41 Å². The Balaban J connectivity index is 1.66. The van der Waals surface area contributed by atoms with Crippen LogP contribution < -0.4 is 0 Å². The molecule has 0 radical (unpaired) electrons. The van der Waals surface area contributed by atoms with Crippen molar-refractivity contribution >= 4 is 17.5 Å². The van der Waals surface area contributed by atoms with Crippen LogP contribution >= 0.6 is 0 Å². The highest BCUT2D eigenvalue weighted by Gasteiger charge is 2.59. The number of ether oxygens (including phenoxy) is 1. The molecule has 4 rings (SSSR count). The molecule has 25 heavy (non-hydrogen) atoms. The van der Waals surface area contributed by atoms with Crippen molar-refractivity contribution in [3.63, 3.8) is 0 Å². The zero-order valence-electron chi connectivity index (χ0n) is 15.0. The molecular formula is C21H26O4. The summed E-state index contributed by atoms with van der Waals surface area (Å²) in [7, 11) is 0. The number of esters is 1. The van der Waals surface area contributed by atoms with Gasteiger partial charge in [-0.3, -0.25) is 14.4 Å². The Morgan fingerprint density at radius 3 is 2.80 bits per heavy atom. The first kappa shape index (κ1) is 16.7. The van der Waals surface area contributed by atoms with E-state index in [4.69, 9.17) is 4.74 Å². The topological polar surface area (TPSA) is 60.4 Å². The van der Waals surface area contributed by atoms with E-state index in [1.807, 2.05) is 6.08 Å². The summed E-state index contributed by atoms with van der Waals surface area (Å²) in [6.45, 7) is 3.93. The van der Waals surface area contributed by atoms with Crippen molar-refractivity contribution in [1.82, 2.24) is 0 Å². The number of rotatable bonds is 2. The fourth-order valence-corrected chi connectivity index (χ4v) is 6.15. The third-order valence-electron chi connectivity index (χ3n) is 7.52. The number of hydrogen-bond donors (Lipinski definition) is 0. The SMILES string of the molecule is CC(=O)OC[C@]12CC[C@H]3[C@@H](CCC4=CC(=O)CC[C@@]43C)[C@@H]1C=CC2=O. The fraction of sp³-hybridized carbons (Fsp3) is 0.667. The summed E-state index contributed by atoms with van der Waals surface area (Å²) in [6, 6.07) is 0. The van der Waals surface area contributed by atoms with E-state index in [2.05, 4.69) is 13.0 Å². The lowest BCUT2D eigenvalue weighted by atomic mass is 9.47. The summed E-state index contributed by atoms with van der Waals surface area (Å²) in [4.78, 5) is 35.9. The number of carbonyl (C=O) groups is 3. The van der Waals surface area contributed by atoms with Crippen LogP contribution in [-0.4, -0.2) is 24.1 Å². The molecule has 0 aromatic heterocycles. The van der Waals surface area contributed by atoms with Gasteiger partial charge in [0.25, 0.3) is 0 Å². The fourth-order valence-electron chi connectivity index (χ4n) is 6.15. The lowest BCUT2D eigenvalue weighted by Crippen LogP contribution is -2.53. The monoisotopic (exact) mass is 342 g/mol. The van der Waals surface area contributed by atoms with Gasteiger partial charge in [-0.2, -0.15) is 0 Å². The quantitative estimate of drug-likeness (QED) is 0.722. The van der Waals surface area contributed by atoms with Crippen molar-refractivity contribution in [1.29, 1.82) is 0 Å². The number of hydrogen-bond acceptors (Lipinski definition) is 4. The zero-order chi connectivity index (χ0) is 17.8. The normalized spacial score (nSPS) is 42.3. The maximum atomic E-state index is 12.7. The van der Waals surface area contributed by atoms with E-state index in [0.29, 0.717) is 18.3 Å². The number of allylic oxidation sites excluding steroid dienone is 4. The molecule has 0 N–H and O–H groups in total. The minimum absolute atomic E-state index is 0.0872. The molecule has 4 aliphatic carbocycles. The second-order valence-electron chi connectivity index (χ2n) is 8.59. The van der Waals surface area contributed by atoms with Gasteiger partial charge in [-0.05, 0) is 67.4 Å². The van der Waals surface area contributed by atoms with Crippen LogP contribution in [0.15, 0.2) is 23.8 Å². The highest BCUT2D eigenvalue weighted by atomic mass is 16.5. The van der Waals surface area contributed by atoms with Gasteiger partial charge in [-0.15, -0.1) is 0 Å². The van der Waals surface area contributed by atoms with Crippen molar-refractivity contribution in [2.75, 3.05) is 6.61 Å². The molecular weight excluding hydrogens is 316 g/mol. The van der Waals surface area contributed by atoms with E-state index in [1.54, 1.807) is 6.08 Å². The molecule has 0 unspecified atom stereocenters. The molecule has 4 heteroatoms. The molecule has 2 saturated carbocycles. The molecule has 0 heterocycles.